The molecule has 0 saturated carbocycles. The van der Waals surface area contributed by atoms with Gasteiger partial charge in [-0.05, 0) is 35.5 Å². The van der Waals surface area contributed by atoms with Crippen molar-refractivity contribution in [3.8, 4) is 9.75 Å². The molecule has 0 unspecified atom stereocenters. The van der Waals surface area contributed by atoms with Crippen LogP contribution in [0.5, 0.6) is 0 Å². The molecule has 24 heavy (non-hydrogen) atoms. The Morgan fingerprint density at radius 3 is 1.58 bits per heavy atom. The third-order valence-electron chi connectivity index (χ3n) is 4.14. The molecule has 0 spiro atoms. The summed E-state index contributed by atoms with van der Waals surface area (Å²) in [5.41, 5.74) is 4.51. The molecular weight excluding hydrogens is 368 g/mol. The zero-order chi connectivity index (χ0) is 17.4. The maximum absolute atomic E-state index is 2.47. The van der Waals surface area contributed by atoms with Gasteiger partial charge in [0.2, 0.25) is 0 Å². The highest BCUT2D eigenvalue weighted by Gasteiger charge is 2.32. The zero-order valence-electron chi connectivity index (χ0n) is 15.4. The lowest BCUT2D eigenvalue weighted by molar-refractivity contribution is 0.889. The van der Waals surface area contributed by atoms with Crippen LogP contribution in [-0.2, 0) is 0 Å². The van der Waals surface area contributed by atoms with Crippen molar-refractivity contribution in [1.82, 2.24) is 0 Å². The average Bonchev–Trinajstić information content (AvgIpc) is 3.16. The molecule has 2 aromatic rings. The van der Waals surface area contributed by atoms with Gasteiger partial charge in [-0.15, -0.1) is 46.2 Å². The molecule has 0 atom stereocenters. The monoisotopic (exact) mass is 394 g/mol. The Kier molecular flexibility index (Phi) is 5.90. The second-order valence-electron chi connectivity index (χ2n) is 6.62. The lowest BCUT2D eigenvalue weighted by Gasteiger charge is -2.10. The van der Waals surface area contributed by atoms with Gasteiger partial charge in [0.05, 0.1) is 9.75 Å². The van der Waals surface area contributed by atoms with Gasteiger partial charge in [-0.25, -0.2) is 0 Å². The van der Waals surface area contributed by atoms with Crippen LogP contribution in [0.25, 0.3) is 15.3 Å². The average molecular weight is 395 g/mol. The van der Waals surface area contributed by atoms with Crippen molar-refractivity contribution in [3.63, 3.8) is 0 Å². The molecule has 0 fully saturated rings. The molecule has 0 bridgehead atoms. The van der Waals surface area contributed by atoms with Crippen molar-refractivity contribution < 1.29 is 0 Å². The summed E-state index contributed by atoms with van der Waals surface area (Å²) < 4.78 is 1.52. The number of thioether (sulfide) groups is 2. The maximum atomic E-state index is 2.47. The molecule has 1 aliphatic carbocycles. The summed E-state index contributed by atoms with van der Waals surface area (Å²) >= 11 is 8.05. The SMILES string of the molecule is CCSC(SCC)=C1c2cc(C(C)C)sc2-c2sc(C(C)C)cc21. The van der Waals surface area contributed by atoms with Crippen LogP contribution in [0.15, 0.2) is 16.4 Å². The second-order valence-corrected chi connectivity index (χ2v) is 11.6. The van der Waals surface area contributed by atoms with E-state index in [1.54, 1.807) is 0 Å². The normalized spacial score (nSPS) is 13.1. The molecule has 0 nitrogen and oxygen atoms in total. The Labute approximate surface area is 163 Å². The minimum absolute atomic E-state index is 0.607. The van der Waals surface area contributed by atoms with E-state index in [-0.39, 0.29) is 0 Å². The third-order valence-corrected chi connectivity index (χ3v) is 9.39. The van der Waals surface area contributed by atoms with Crippen molar-refractivity contribution in [1.29, 1.82) is 0 Å². The van der Waals surface area contributed by atoms with Gasteiger partial charge >= 0.3 is 0 Å². The van der Waals surface area contributed by atoms with Crippen molar-refractivity contribution in [2.75, 3.05) is 11.5 Å². The van der Waals surface area contributed by atoms with E-state index >= 15 is 0 Å². The molecule has 130 valence electrons. The molecule has 0 N–H and O–H groups in total. The zero-order valence-corrected chi connectivity index (χ0v) is 18.6. The fraction of sp³-hybridized carbons (Fsp3) is 0.500. The van der Waals surface area contributed by atoms with Gasteiger partial charge in [0, 0.05) is 30.7 Å². The summed E-state index contributed by atoms with van der Waals surface area (Å²) in [6.45, 7) is 13.8. The van der Waals surface area contributed by atoms with Crippen LogP contribution in [0, 0.1) is 0 Å². The van der Waals surface area contributed by atoms with E-state index in [9.17, 15) is 0 Å². The number of hydrogen-bond donors (Lipinski definition) is 0. The van der Waals surface area contributed by atoms with Gasteiger partial charge in [-0.1, -0.05) is 41.5 Å². The van der Waals surface area contributed by atoms with E-state index in [0.717, 1.165) is 11.5 Å². The quantitative estimate of drug-likeness (QED) is 0.412. The minimum atomic E-state index is 0.607. The number of thiophene rings is 2. The summed E-state index contributed by atoms with van der Waals surface area (Å²) in [6.07, 6.45) is 0. The first-order chi connectivity index (χ1) is 11.5. The Morgan fingerprint density at radius 1 is 0.833 bits per heavy atom. The Hall–Kier alpha value is -0.160. The van der Waals surface area contributed by atoms with Gasteiger partial charge in [-0.3, -0.25) is 0 Å². The van der Waals surface area contributed by atoms with Gasteiger partial charge in [-0.2, -0.15) is 0 Å². The highest BCUT2D eigenvalue weighted by molar-refractivity contribution is 8.22. The smallest absolute Gasteiger partial charge is 0.0531 e. The molecule has 2 aromatic heterocycles. The highest BCUT2D eigenvalue weighted by Crippen LogP contribution is 2.57. The van der Waals surface area contributed by atoms with E-state index in [1.165, 1.54) is 40.4 Å². The van der Waals surface area contributed by atoms with Gasteiger partial charge in [0.1, 0.15) is 0 Å². The molecule has 0 aliphatic heterocycles. The largest absolute Gasteiger partial charge is 0.138 e. The lowest BCUT2D eigenvalue weighted by Crippen LogP contribution is -1.88. The van der Waals surface area contributed by atoms with Gasteiger partial charge < -0.3 is 0 Å². The van der Waals surface area contributed by atoms with Crippen LogP contribution < -0.4 is 0 Å². The Bertz CT molecular complexity index is 696. The molecule has 0 amide bonds. The summed E-state index contributed by atoms with van der Waals surface area (Å²) in [6, 6.07) is 4.93. The van der Waals surface area contributed by atoms with E-state index in [4.69, 9.17) is 0 Å². The fourth-order valence-electron chi connectivity index (χ4n) is 2.91. The topological polar surface area (TPSA) is 0 Å². The Morgan fingerprint density at radius 2 is 1.25 bits per heavy atom. The first kappa shape index (κ1) is 18.6. The summed E-state index contributed by atoms with van der Waals surface area (Å²) in [5.74, 6) is 3.49. The van der Waals surface area contributed by atoms with Crippen LogP contribution in [0.1, 0.15) is 74.3 Å². The number of fused-ring (bicyclic) bond motifs is 3. The molecule has 4 heteroatoms. The number of hydrogen-bond acceptors (Lipinski definition) is 4. The molecule has 0 aromatic carbocycles. The maximum Gasteiger partial charge on any atom is 0.0531 e. The molecule has 0 radical (unpaired) electrons. The molecule has 2 heterocycles. The van der Waals surface area contributed by atoms with E-state index < -0.39 is 0 Å². The van der Waals surface area contributed by atoms with Gasteiger partial charge in [0.15, 0.2) is 0 Å². The lowest BCUT2D eigenvalue weighted by atomic mass is 10.1. The van der Waals surface area contributed by atoms with Crippen molar-refractivity contribution in [3.05, 3.63) is 37.3 Å². The summed E-state index contributed by atoms with van der Waals surface area (Å²) in [7, 11) is 0. The molecule has 3 rings (SSSR count). The minimum Gasteiger partial charge on any atom is -0.138 e. The summed E-state index contributed by atoms with van der Waals surface area (Å²) in [5, 5.41) is 0. The molecule has 1 aliphatic rings. The standard InChI is InChI=1S/C20H26S4/c1-7-21-20(22-8-2)17-13-9-15(11(3)4)23-18(13)19-14(17)10-16(24-19)12(5)6/h9-12H,7-8H2,1-6H3. The van der Waals surface area contributed by atoms with Crippen LogP contribution in [-0.4, -0.2) is 11.5 Å². The first-order valence-corrected chi connectivity index (χ1v) is 12.4. The predicted octanol–water partition coefficient (Wildman–Crippen LogP) is 8.26. The van der Waals surface area contributed by atoms with Crippen LogP contribution >= 0.6 is 46.2 Å². The Balaban J connectivity index is 2.24. The predicted molar refractivity (Wildman–Crippen MR) is 118 cm³/mol. The first-order valence-electron chi connectivity index (χ1n) is 8.76. The van der Waals surface area contributed by atoms with Crippen LogP contribution in [0.2, 0.25) is 0 Å². The third kappa shape index (κ3) is 3.27. The molecular formula is C20H26S4. The van der Waals surface area contributed by atoms with E-state index in [0.29, 0.717) is 11.8 Å². The second kappa shape index (κ2) is 7.61. The van der Waals surface area contributed by atoms with Crippen LogP contribution in [0.4, 0.5) is 0 Å². The van der Waals surface area contributed by atoms with Gasteiger partial charge in [0.25, 0.3) is 0 Å². The van der Waals surface area contributed by atoms with Crippen molar-refractivity contribution in [2.45, 2.75) is 53.4 Å². The van der Waals surface area contributed by atoms with Crippen molar-refractivity contribution in [2.24, 2.45) is 0 Å². The molecule has 0 saturated heterocycles. The highest BCUT2D eigenvalue weighted by atomic mass is 32.2. The number of rotatable bonds is 6. The van der Waals surface area contributed by atoms with Crippen molar-refractivity contribution >= 4 is 51.8 Å². The summed E-state index contributed by atoms with van der Waals surface area (Å²) in [4.78, 5) is 6.08. The van der Waals surface area contributed by atoms with E-state index in [1.807, 2.05) is 46.2 Å². The van der Waals surface area contributed by atoms with E-state index in [2.05, 4.69) is 53.7 Å². The fourth-order valence-corrected chi connectivity index (χ4v) is 7.70. The van der Waals surface area contributed by atoms with Crippen LogP contribution in [0.3, 0.4) is 0 Å².